The summed E-state index contributed by atoms with van der Waals surface area (Å²) in [4.78, 5) is 0. The fourth-order valence-electron chi connectivity index (χ4n) is 2.62. The van der Waals surface area contributed by atoms with Gasteiger partial charge in [-0.1, -0.05) is 0 Å². The minimum Gasteiger partial charge on any atom is -1.00 e. The first-order valence-corrected chi connectivity index (χ1v) is 8.57. The molecule has 0 nitrogen and oxygen atoms in total. The molecule has 3 rings (SSSR count). The molecule has 3 heteroatoms. The SMILES string of the molecule is Cc1ccc2c(c1)C=C[C]2(C)[Zr+2][C]1=CC=CC1.[Cl-].[Cl-]. The fourth-order valence-corrected chi connectivity index (χ4v) is 6.54. The van der Waals surface area contributed by atoms with Crippen LogP contribution >= 0.6 is 0 Å². The number of allylic oxidation sites excluding steroid dienone is 5. The maximum atomic E-state index is 2.45. The maximum absolute atomic E-state index is 2.45. The van der Waals surface area contributed by atoms with Gasteiger partial charge in [0, 0.05) is 0 Å². The summed E-state index contributed by atoms with van der Waals surface area (Å²) in [5, 5.41) is 0. The second-order valence-electron chi connectivity index (χ2n) is 5.08. The van der Waals surface area contributed by atoms with Crippen molar-refractivity contribution in [1.82, 2.24) is 0 Å². The summed E-state index contributed by atoms with van der Waals surface area (Å²) in [5.41, 5.74) is 4.37. The first-order chi connectivity index (χ1) is 8.17. The van der Waals surface area contributed by atoms with Crippen LogP contribution in [-0.4, -0.2) is 0 Å². The molecule has 0 fully saturated rings. The molecule has 0 radical (unpaired) electrons. The Morgan fingerprint density at radius 2 is 2.00 bits per heavy atom. The summed E-state index contributed by atoms with van der Waals surface area (Å²) in [7, 11) is 0. The number of benzene rings is 1. The topological polar surface area (TPSA) is 0 Å². The minimum absolute atomic E-state index is 0. The van der Waals surface area contributed by atoms with Crippen LogP contribution in [0, 0.1) is 6.92 Å². The van der Waals surface area contributed by atoms with Crippen LogP contribution in [-0.2, 0) is 26.4 Å². The van der Waals surface area contributed by atoms with Gasteiger partial charge in [0.1, 0.15) is 0 Å². The van der Waals surface area contributed by atoms with Gasteiger partial charge in [-0.25, -0.2) is 0 Å². The Bertz CT molecular complexity index is 558. The number of fused-ring (bicyclic) bond motifs is 1. The van der Waals surface area contributed by atoms with Crippen molar-refractivity contribution in [2.45, 2.75) is 23.4 Å². The van der Waals surface area contributed by atoms with Crippen molar-refractivity contribution in [1.29, 1.82) is 0 Å². The first-order valence-electron chi connectivity index (χ1n) is 6.12. The summed E-state index contributed by atoms with van der Waals surface area (Å²) >= 11 is -0.552. The van der Waals surface area contributed by atoms with E-state index in [1.54, 1.807) is 8.84 Å². The van der Waals surface area contributed by atoms with Gasteiger partial charge >= 0.3 is 115 Å². The van der Waals surface area contributed by atoms with Crippen LogP contribution in [0.1, 0.15) is 30.0 Å². The molecular weight excluding hydrogens is 354 g/mol. The Hall–Kier alpha value is -0.0969. The summed E-state index contributed by atoms with van der Waals surface area (Å²) in [6, 6.07) is 6.91. The van der Waals surface area contributed by atoms with E-state index in [4.69, 9.17) is 0 Å². The van der Waals surface area contributed by atoms with E-state index >= 15 is 0 Å². The maximum Gasteiger partial charge on any atom is -1.00 e. The standard InChI is InChI=1S/C11H11.C5H5.2ClH.Zr/c1-8-3-6-11-9(2)4-5-10(11)7-8;1-2-4-5-3-1;;;/h3-7H,1-2H3;1-3H,4H2;2*1H;/q;;;;+2/p-2. The van der Waals surface area contributed by atoms with Crippen LogP contribution in [0.5, 0.6) is 0 Å². The van der Waals surface area contributed by atoms with Crippen LogP contribution in [0.25, 0.3) is 6.08 Å². The second-order valence-corrected chi connectivity index (χ2v) is 9.82. The van der Waals surface area contributed by atoms with Gasteiger partial charge in [-0.3, -0.25) is 0 Å². The van der Waals surface area contributed by atoms with Gasteiger partial charge in [-0.2, -0.15) is 0 Å². The number of halogens is 2. The third-order valence-electron chi connectivity index (χ3n) is 3.55. The van der Waals surface area contributed by atoms with E-state index in [2.05, 4.69) is 62.4 Å². The zero-order chi connectivity index (χ0) is 11.9. The van der Waals surface area contributed by atoms with Gasteiger partial charge < -0.3 is 24.8 Å². The average molecular weight is 370 g/mol. The van der Waals surface area contributed by atoms with Crippen molar-refractivity contribution in [2.24, 2.45) is 0 Å². The molecule has 98 valence electrons. The van der Waals surface area contributed by atoms with Crippen molar-refractivity contribution >= 4 is 6.08 Å². The van der Waals surface area contributed by atoms with Crippen LogP contribution in [0.4, 0.5) is 0 Å². The van der Waals surface area contributed by atoms with Crippen molar-refractivity contribution in [2.75, 3.05) is 0 Å². The zero-order valence-electron chi connectivity index (χ0n) is 11.1. The molecule has 0 saturated heterocycles. The Kier molecular flexibility index (Phi) is 5.86. The fraction of sp³-hybridized carbons (Fsp3) is 0.250. The van der Waals surface area contributed by atoms with Gasteiger partial charge in [-0.15, -0.1) is 0 Å². The van der Waals surface area contributed by atoms with Crippen molar-refractivity contribution in [3.05, 3.63) is 62.5 Å². The summed E-state index contributed by atoms with van der Waals surface area (Å²) in [6.07, 6.45) is 12.8. The average Bonchev–Trinajstić information content (AvgIpc) is 2.88. The molecule has 1 unspecified atom stereocenters. The predicted molar refractivity (Wildman–Crippen MR) is 69.4 cm³/mol. The van der Waals surface area contributed by atoms with Crippen LogP contribution in [0.2, 0.25) is 0 Å². The molecular formula is C16H16Cl2Zr. The van der Waals surface area contributed by atoms with Crippen molar-refractivity contribution in [3.63, 3.8) is 0 Å². The van der Waals surface area contributed by atoms with E-state index in [1.807, 2.05) is 0 Å². The number of rotatable bonds is 2. The number of hydrogen-bond donors (Lipinski definition) is 0. The molecule has 0 aromatic heterocycles. The quantitative estimate of drug-likeness (QED) is 0.575. The van der Waals surface area contributed by atoms with E-state index in [-0.39, 0.29) is 24.8 Å². The third kappa shape index (κ3) is 3.32. The molecule has 1 aromatic carbocycles. The van der Waals surface area contributed by atoms with E-state index in [0.29, 0.717) is 3.12 Å². The third-order valence-corrected chi connectivity index (χ3v) is 7.60. The van der Waals surface area contributed by atoms with E-state index in [9.17, 15) is 0 Å². The van der Waals surface area contributed by atoms with Gasteiger partial charge in [0.15, 0.2) is 0 Å². The molecule has 1 aromatic rings. The molecule has 0 aliphatic heterocycles. The Morgan fingerprint density at radius 1 is 1.21 bits per heavy atom. The number of hydrogen-bond acceptors (Lipinski definition) is 0. The van der Waals surface area contributed by atoms with Crippen LogP contribution < -0.4 is 24.8 Å². The molecule has 0 saturated carbocycles. The van der Waals surface area contributed by atoms with Gasteiger partial charge in [0.2, 0.25) is 0 Å². The molecule has 2 aliphatic rings. The molecule has 0 amide bonds. The Morgan fingerprint density at radius 3 is 2.68 bits per heavy atom. The second kappa shape index (κ2) is 6.57. The Balaban J connectivity index is 0.000000902. The largest absolute Gasteiger partial charge is 1.00 e. The molecule has 19 heavy (non-hydrogen) atoms. The summed E-state index contributed by atoms with van der Waals surface area (Å²) in [5.74, 6) is 0. The summed E-state index contributed by atoms with van der Waals surface area (Å²) < 4.78 is 2.08. The zero-order valence-corrected chi connectivity index (χ0v) is 15.1. The van der Waals surface area contributed by atoms with Crippen molar-refractivity contribution < 1.29 is 48.0 Å². The van der Waals surface area contributed by atoms with Crippen LogP contribution in [0.3, 0.4) is 0 Å². The van der Waals surface area contributed by atoms with Crippen LogP contribution in [0.15, 0.2) is 45.8 Å². The monoisotopic (exact) mass is 368 g/mol. The predicted octanol–water partition coefficient (Wildman–Crippen LogP) is -1.83. The summed E-state index contributed by atoms with van der Waals surface area (Å²) in [6.45, 7) is 4.60. The molecule has 0 N–H and O–H groups in total. The smallest absolute Gasteiger partial charge is 1.00 e. The van der Waals surface area contributed by atoms with Crippen molar-refractivity contribution in [3.8, 4) is 0 Å². The molecule has 0 heterocycles. The molecule has 0 bridgehead atoms. The van der Waals surface area contributed by atoms with E-state index in [1.165, 1.54) is 17.5 Å². The van der Waals surface area contributed by atoms with Gasteiger partial charge in [0.05, 0.1) is 0 Å². The first kappa shape index (κ1) is 17.0. The number of aryl methyl sites for hydroxylation is 1. The van der Waals surface area contributed by atoms with E-state index in [0.717, 1.165) is 0 Å². The minimum atomic E-state index is -0.552. The normalized spacial score (nSPS) is 22.1. The molecule has 1 atom stereocenters. The molecule has 2 aliphatic carbocycles. The Labute approximate surface area is 139 Å². The van der Waals surface area contributed by atoms with Gasteiger partial charge in [-0.05, 0) is 0 Å². The van der Waals surface area contributed by atoms with E-state index < -0.39 is 23.2 Å². The van der Waals surface area contributed by atoms with Gasteiger partial charge in [0.25, 0.3) is 0 Å². The molecule has 0 spiro atoms.